The van der Waals surface area contributed by atoms with Gasteiger partial charge >= 0.3 is 0 Å². The van der Waals surface area contributed by atoms with E-state index >= 15 is 0 Å². The Balaban J connectivity index is 2.68. The molecule has 0 amide bonds. The van der Waals surface area contributed by atoms with Crippen LogP contribution >= 0.6 is 0 Å². The fraction of sp³-hybridized carbons (Fsp3) is 0.538. The summed E-state index contributed by atoms with van der Waals surface area (Å²) in [4.78, 5) is 0. The van der Waals surface area contributed by atoms with Crippen LogP contribution in [-0.4, -0.2) is 6.54 Å². The third kappa shape index (κ3) is 3.15. The molecule has 0 saturated carbocycles. The van der Waals surface area contributed by atoms with Crippen molar-refractivity contribution in [1.29, 1.82) is 0 Å². The molecule has 0 radical (unpaired) electrons. The average molecular weight is 191 g/mol. The summed E-state index contributed by atoms with van der Waals surface area (Å²) in [5.74, 6) is 0.693. The largest absolute Gasteiger partial charge is 0.330 e. The van der Waals surface area contributed by atoms with E-state index in [4.69, 9.17) is 5.73 Å². The fourth-order valence-electron chi connectivity index (χ4n) is 1.89. The summed E-state index contributed by atoms with van der Waals surface area (Å²) in [6.45, 7) is 5.21. The van der Waals surface area contributed by atoms with Gasteiger partial charge < -0.3 is 5.73 Å². The predicted molar refractivity (Wildman–Crippen MR) is 62.5 cm³/mol. The van der Waals surface area contributed by atoms with Gasteiger partial charge in [0.1, 0.15) is 0 Å². The molecule has 1 unspecified atom stereocenters. The van der Waals surface area contributed by atoms with E-state index in [2.05, 4.69) is 38.1 Å². The van der Waals surface area contributed by atoms with Gasteiger partial charge in [0.25, 0.3) is 0 Å². The summed E-state index contributed by atoms with van der Waals surface area (Å²) >= 11 is 0. The van der Waals surface area contributed by atoms with Crippen molar-refractivity contribution in [3.05, 3.63) is 35.4 Å². The summed E-state index contributed by atoms with van der Waals surface area (Å²) in [7, 11) is 0. The average Bonchev–Trinajstić information content (AvgIpc) is 2.19. The van der Waals surface area contributed by atoms with Crippen molar-refractivity contribution < 1.29 is 0 Å². The molecule has 0 saturated heterocycles. The van der Waals surface area contributed by atoms with Crippen LogP contribution in [0.2, 0.25) is 0 Å². The van der Waals surface area contributed by atoms with Gasteiger partial charge in [-0.3, -0.25) is 0 Å². The first-order chi connectivity index (χ1) is 6.77. The van der Waals surface area contributed by atoms with Crippen molar-refractivity contribution in [2.75, 3.05) is 6.54 Å². The number of nitrogens with two attached hydrogens (primary N) is 1. The Morgan fingerprint density at radius 1 is 1.36 bits per heavy atom. The molecule has 0 aliphatic rings. The van der Waals surface area contributed by atoms with Crippen LogP contribution in [0.4, 0.5) is 0 Å². The zero-order valence-electron chi connectivity index (χ0n) is 9.29. The Hall–Kier alpha value is -0.820. The topological polar surface area (TPSA) is 26.0 Å². The Morgan fingerprint density at radius 3 is 2.71 bits per heavy atom. The Morgan fingerprint density at radius 2 is 2.14 bits per heavy atom. The highest BCUT2D eigenvalue weighted by atomic mass is 14.5. The minimum absolute atomic E-state index is 0.693. The maximum Gasteiger partial charge on any atom is -0.00771 e. The standard InChI is InChI=1S/C13H21N/c1-3-12(8-5-9-14)13-7-4-6-11(2)10-13/h4,6-7,10,12H,3,5,8-9,14H2,1-2H3. The fourth-order valence-corrected chi connectivity index (χ4v) is 1.89. The van der Waals surface area contributed by atoms with Crippen LogP contribution in [-0.2, 0) is 0 Å². The summed E-state index contributed by atoms with van der Waals surface area (Å²) in [6, 6.07) is 8.83. The highest BCUT2D eigenvalue weighted by Gasteiger charge is 2.08. The molecule has 1 heteroatoms. The van der Waals surface area contributed by atoms with Crippen molar-refractivity contribution in [1.82, 2.24) is 0 Å². The van der Waals surface area contributed by atoms with Crippen molar-refractivity contribution in [3.8, 4) is 0 Å². The second kappa shape index (κ2) is 5.82. The molecule has 78 valence electrons. The van der Waals surface area contributed by atoms with Gasteiger partial charge in [-0.1, -0.05) is 36.8 Å². The van der Waals surface area contributed by atoms with E-state index in [1.807, 2.05) is 0 Å². The lowest BCUT2D eigenvalue weighted by Gasteiger charge is -2.15. The van der Waals surface area contributed by atoms with Gasteiger partial charge in [-0.2, -0.15) is 0 Å². The second-order valence-corrected chi connectivity index (χ2v) is 3.95. The molecule has 0 fully saturated rings. The third-order valence-corrected chi connectivity index (χ3v) is 2.76. The maximum atomic E-state index is 5.54. The minimum atomic E-state index is 0.693. The van der Waals surface area contributed by atoms with Crippen molar-refractivity contribution in [3.63, 3.8) is 0 Å². The summed E-state index contributed by atoms with van der Waals surface area (Å²) in [5.41, 5.74) is 8.37. The number of rotatable bonds is 5. The van der Waals surface area contributed by atoms with Crippen molar-refractivity contribution >= 4 is 0 Å². The minimum Gasteiger partial charge on any atom is -0.330 e. The molecule has 0 heterocycles. The van der Waals surface area contributed by atoms with Gasteiger partial charge in [0, 0.05) is 0 Å². The van der Waals surface area contributed by atoms with Crippen molar-refractivity contribution in [2.45, 2.75) is 39.0 Å². The van der Waals surface area contributed by atoms with E-state index < -0.39 is 0 Å². The molecule has 2 N–H and O–H groups in total. The first-order valence-corrected chi connectivity index (χ1v) is 5.54. The number of hydrogen-bond donors (Lipinski definition) is 1. The van der Waals surface area contributed by atoms with Crippen LogP contribution < -0.4 is 5.73 Å². The quantitative estimate of drug-likeness (QED) is 0.759. The molecule has 14 heavy (non-hydrogen) atoms. The molecule has 0 aliphatic heterocycles. The SMILES string of the molecule is CCC(CCCN)c1cccc(C)c1. The van der Waals surface area contributed by atoms with Crippen molar-refractivity contribution in [2.24, 2.45) is 5.73 Å². The Labute approximate surface area is 87.3 Å². The summed E-state index contributed by atoms with van der Waals surface area (Å²) in [6.07, 6.45) is 3.56. The zero-order valence-corrected chi connectivity index (χ0v) is 9.29. The molecule has 0 aromatic heterocycles. The van der Waals surface area contributed by atoms with E-state index in [9.17, 15) is 0 Å². The van der Waals surface area contributed by atoms with E-state index in [1.54, 1.807) is 0 Å². The third-order valence-electron chi connectivity index (χ3n) is 2.76. The van der Waals surface area contributed by atoms with Gasteiger partial charge in [-0.25, -0.2) is 0 Å². The number of hydrogen-bond acceptors (Lipinski definition) is 1. The molecular formula is C13H21N. The predicted octanol–water partition coefficient (Wildman–Crippen LogP) is 3.23. The van der Waals surface area contributed by atoms with E-state index in [-0.39, 0.29) is 0 Å². The van der Waals surface area contributed by atoms with E-state index in [1.165, 1.54) is 24.0 Å². The van der Waals surface area contributed by atoms with Gasteiger partial charge in [0.15, 0.2) is 0 Å². The first kappa shape index (κ1) is 11.3. The highest BCUT2D eigenvalue weighted by Crippen LogP contribution is 2.24. The first-order valence-electron chi connectivity index (χ1n) is 5.54. The number of aryl methyl sites for hydroxylation is 1. The lowest BCUT2D eigenvalue weighted by molar-refractivity contribution is 0.581. The van der Waals surface area contributed by atoms with Gasteiger partial charge in [-0.05, 0) is 44.2 Å². The smallest absolute Gasteiger partial charge is 0.00771 e. The van der Waals surface area contributed by atoms with E-state index in [0.29, 0.717) is 5.92 Å². The normalized spacial score (nSPS) is 12.8. The molecular weight excluding hydrogens is 170 g/mol. The number of benzene rings is 1. The highest BCUT2D eigenvalue weighted by molar-refractivity contribution is 5.25. The molecule has 0 aliphatic carbocycles. The molecule has 1 atom stereocenters. The second-order valence-electron chi connectivity index (χ2n) is 3.95. The van der Waals surface area contributed by atoms with Crippen LogP contribution in [0, 0.1) is 6.92 Å². The summed E-state index contributed by atoms with van der Waals surface area (Å²) in [5, 5.41) is 0. The lowest BCUT2D eigenvalue weighted by atomic mass is 9.91. The Kier molecular flexibility index (Phi) is 4.68. The summed E-state index contributed by atoms with van der Waals surface area (Å²) < 4.78 is 0. The van der Waals surface area contributed by atoms with E-state index in [0.717, 1.165) is 13.0 Å². The maximum absolute atomic E-state index is 5.54. The zero-order chi connectivity index (χ0) is 10.4. The van der Waals surface area contributed by atoms with Crippen LogP contribution in [0.15, 0.2) is 24.3 Å². The molecule has 1 aromatic rings. The molecule has 1 nitrogen and oxygen atoms in total. The molecule has 0 spiro atoms. The monoisotopic (exact) mass is 191 g/mol. The van der Waals surface area contributed by atoms with Crippen LogP contribution in [0.1, 0.15) is 43.2 Å². The van der Waals surface area contributed by atoms with Gasteiger partial charge in [-0.15, -0.1) is 0 Å². The lowest BCUT2D eigenvalue weighted by Crippen LogP contribution is -2.03. The molecule has 1 rings (SSSR count). The molecule has 0 bridgehead atoms. The van der Waals surface area contributed by atoms with Crippen LogP contribution in [0.5, 0.6) is 0 Å². The Bertz CT molecular complexity index is 268. The van der Waals surface area contributed by atoms with Crippen LogP contribution in [0.25, 0.3) is 0 Å². The van der Waals surface area contributed by atoms with Gasteiger partial charge in [0.2, 0.25) is 0 Å². The van der Waals surface area contributed by atoms with Gasteiger partial charge in [0.05, 0.1) is 0 Å². The molecule has 1 aromatic carbocycles. The van der Waals surface area contributed by atoms with Crippen LogP contribution in [0.3, 0.4) is 0 Å².